The fourth-order valence-electron chi connectivity index (χ4n) is 3.65. The molecule has 0 aliphatic carbocycles. The third kappa shape index (κ3) is 4.96. The number of hydrogen-bond acceptors (Lipinski definition) is 4. The molecule has 33 heavy (non-hydrogen) atoms. The average molecular weight is 466 g/mol. The van der Waals surface area contributed by atoms with Gasteiger partial charge in [-0.2, -0.15) is 0 Å². The van der Waals surface area contributed by atoms with Crippen LogP contribution in [0.2, 0.25) is 0 Å². The Kier molecular flexibility index (Phi) is 5.57. The van der Waals surface area contributed by atoms with Gasteiger partial charge in [-0.1, -0.05) is 32.9 Å². The number of aromatic nitrogens is 2. The van der Waals surface area contributed by atoms with Crippen molar-refractivity contribution in [3.8, 4) is 22.3 Å². The molecule has 0 aliphatic heterocycles. The SMILES string of the molecule is CC(C)(C)c1cc(-c2cc(F)c[nH]c2=O)c2ncc(-c3ccc(NS(C)(=O)=O)cc3)cc2c1. The molecule has 2 aromatic heterocycles. The van der Waals surface area contributed by atoms with Crippen molar-refractivity contribution in [2.75, 3.05) is 11.0 Å². The van der Waals surface area contributed by atoms with Gasteiger partial charge in [-0.25, -0.2) is 12.8 Å². The van der Waals surface area contributed by atoms with Gasteiger partial charge in [0.1, 0.15) is 5.82 Å². The Bertz CT molecular complexity index is 1520. The smallest absolute Gasteiger partial charge is 0.256 e. The largest absolute Gasteiger partial charge is 0.326 e. The Labute approximate surface area is 191 Å². The maximum atomic E-state index is 14.0. The lowest BCUT2D eigenvalue weighted by molar-refractivity contribution is 0.591. The zero-order valence-corrected chi connectivity index (χ0v) is 19.5. The molecule has 0 fully saturated rings. The molecule has 0 unspecified atom stereocenters. The van der Waals surface area contributed by atoms with E-state index in [2.05, 4.69) is 35.5 Å². The van der Waals surface area contributed by atoms with Gasteiger partial charge in [0.25, 0.3) is 5.56 Å². The molecule has 0 radical (unpaired) electrons. The molecule has 8 heteroatoms. The lowest BCUT2D eigenvalue weighted by Crippen LogP contribution is -2.13. The topological polar surface area (TPSA) is 91.9 Å². The third-order valence-electron chi connectivity index (χ3n) is 5.33. The molecule has 0 spiro atoms. The number of aromatic amines is 1. The molecule has 0 atom stereocenters. The van der Waals surface area contributed by atoms with Crippen molar-refractivity contribution in [2.45, 2.75) is 26.2 Å². The monoisotopic (exact) mass is 465 g/mol. The number of fused-ring (bicyclic) bond motifs is 1. The van der Waals surface area contributed by atoms with E-state index in [1.807, 2.05) is 30.3 Å². The first kappa shape index (κ1) is 22.7. The Morgan fingerprint density at radius 1 is 0.970 bits per heavy atom. The quantitative estimate of drug-likeness (QED) is 0.440. The van der Waals surface area contributed by atoms with Crippen molar-refractivity contribution in [3.63, 3.8) is 0 Å². The number of H-pyrrole nitrogens is 1. The Morgan fingerprint density at radius 3 is 2.30 bits per heavy atom. The Hall–Kier alpha value is -3.52. The van der Waals surface area contributed by atoms with E-state index in [0.29, 0.717) is 16.8 Å². The predicted molar refractivity (Wildman–Crippen MR) is 130 cm³/mol. The zero-order valence-electron chi connectivity index (χ0n) is 18.7. The molecule has 170 valence electrons. The second-order valence-electron chi connectivity index (χ2n) is 9.08. The lowest BCUT2D eigenvalue weighted by atomic mass is 9.84. The van der Waals surface area contributed by atoms with E-state index in [1.165, 1.54) is 6.07 Å². The van der Waals surface area contributed by atoms with E-state index >= 15 is 0 Å². The molecule has 2 heterocycles. The molecule has 0 saturated heterocycles. The normalized spacial score (nSPS) is 12.2. The fourth-order valence-corrected chi connectivity index (χ4v) is 4.21. The highest BCUT2D eigenvalue weighted by atomic mass is 32.2. The van der Waals surface area contributed by atoms with Gasteiger partial charge in [0.2, 0.25) is 10.0 Å². The molecular formula is C25H24FN3O3S. The lowest BCUT2D eigenvalue weighted by Gasteiger charge is -2.21. The Balaban J connectivity index is 1.88. The van der Waals surface area contributed by atoms with E-state index in [-0.39, 0.29) is 16.5 Å². The molecule has 2 aromatic carbocycles. The van der Waals surface area contributed by atoms with Crippen LogP contribution < -0.4 is 10.3 Å². The molecule has 0 aliphatic rings. The Morgan fingerprint density at radius 2 is 1.67 bits per heavy atom. The molecule has 2 N–H and O–H groups in total. The number of nitrogens with zero attached hydrogens (tertiary/aromatic N) is 1. The van der Waals surface area contributed by atoms with Crippen molar-refractivity contribution in [1.82, 2.24) is 9.97 Å². The van der Waals surface area contributed by atoms with Gasteiger partial charge in [-0.05, 0) is 52.9 Å². The second-order valence-corrected chi connectivity index (χ2v) is 10.8. The first-order chi connectivity index (χ1) is 15.4. The average Bonchev–Trinajstić information content (AvgIpc) is 2.73. The summed E-state index contributed by atoms with van der Waals surface area (Å²) in [5.74, 6) is -0.529. The number of rotatable bonds is 4. The van der Waals surface area contributed by atoms with Crippen molar-refractivity contribution in [2.24, 2.45) is 0 Å². The summed E-state index contributed by atoms with van der Waals surface area (Å²) in [7, 11) is -3.36. The van der Waals surface area contributed by atoms with Gasteiger partial charge in [0.15, 0.2) is 0 Å². The van der Waals surface area contributed by atoms with Crippen LogP contribution in [0.5, 0.6) is 0 Å². The minimum Gasteiger partial charge on any atom is -0.326 e. The summed E-state index contributed by atoms with van der Waals surface area (Å²) < 4.78 is 39.3. The fraction of sp³-hybridized carbons (Fsp3) is 0.200. The van der Waals surface area contributed by atoms with Gasteiger partial charge < -0.3 is 4.98 Å². The van der Waals surface area contributed by atoms with Gasteiger partial charge >= 0.3 is 0 Å². The highest BCUT2D eigenvalue weighted by Gasteiger charge is 2.19. The summed E-state index contributed by atoms with van der Waals surface area (Å²) in [6.45, 7) is 6.20. The van der Waals surface area contributed by atoms with Gasteiger partial charge in [-0.15, -0.1) is 0 Å². The van der Waals surface area contributed by atoms with Crippen LogP contribution >= 0.6 is 0 Å². The predicted octanol–water partition coefficient (Wildman–Crippen LogP) is 5.07. The summed E-state index contributed by atoms with van der Waals surface area (Å²) in [4.78, 5) is 19.6. The third-order valence-corrected chi connectivity index (χ3v) is 5.94. The van der Waals surface area contributed by atoms with Crippen LogP contribution in [0.15, 0.2) is 65.7 Å². The number of benzene rings is 2. The highest BCUT2D eigenvalue weighted by Crippen LogP contribution is 2.34. The summed E-state index contributed by atoms with van der Waals surface area (Å²) in [5.41, 5.74) is 3.94. The summed E-state index contributed by atoms with van der Waals surface area (Å²) in [6, 6.07) is 14.1. The van der Waals surface area contributed by atoms with E-state index in [0.717, 1.165) is 34.5 Å². The number of pyridine rings is 2. The molecule has 4 rings (SSSR count). The molecule has 0 amide bonds. The van der Waals surface area contributed by atoms with Gasteiger partial charge in [0.05, 0.1) is 17.3 Å². The summed E-state index contributed by atoms with van der Waals surface area (Å²) in [6.07, 6.45) is 3.83. The zero-order chi connectivity index (χ0) is 24.0. The van der Waals surface area contributed by atoms with Crippen molar-refractivity contribution < 1.29 is 12.8 Å². The van der Waals surface area contributed by atoms with Crippen LogP contribution in [0.4, 0.5) is 10.1 Å². The van der Waals surface area contributed by atoms with Crippen LogP contribution in [0.25, 0.3) is 33.2 Å². The van der Waals surface area contributed by atoms with E-state index in [1.54, 1.807) is 18.3 Å². The van der Waals surface area contributed by atoms with Gasteiger partial charge in [-0.3, -0.25) is 14.5 Å². The van der Waals surface area contributed by atoms with Crippen LogP contribution in [-0.4, -0.2) is 24.6 Å². The highest BCUT2D eigenvalue weighted by molar-refractivity contribution is 7.92. The molecule has 0 bridgehead atoms. The van der Waals surface area contributed by atoms with Crippen molar-refractivity contribution in [3.05, 3.63) is 82.7 Å². The number of hydrogen-bond donors (Lipinski definition) is 2. The summed E-state index contributed by atoms with van der Waals surface area (Å²) >= 11 is 0. The van der Waals surface area contributed by atoms with E-state index in [4.69, 9.17) is 0 Å². The van der Waals surface area contributed by atoms with Crippen molar-refractivity contribution >= 4 is 26.6 Å². The molecule has 6 nitrogen and oxygen atoms in total. The van der Waals surface area contributed by atoms with Crippen LogP contribution in [0, 0.1) is 5.82 Å². The number of anilines is 1. The number of nitrogens with one attached hydrogen (secondary N) is 2. The number of halogens is 1. The maximum absolute atomic E-state index is 14.0. The molecular weight excluding hydrogens is 441 g/mol. The van der Waals surface area contributed by atoms with Gasteiger partial charge in [0, 0.05) is 34.6 Å². The second kappa shape index (κ2) is 8.12. The van der Waals surface area contributed by atoms with E-state index in [9.17, 15) is 17.6 Å². The van der Waals surface area contributed by atoms with Crippen LogP contribution in [0.1, 0.15) is 26.3 Å². The molecule has 0 saturated carbocycles. The minimum absolute atomic E-state index is 0.210. The first-order valence-corrected chi connectivity index (χ1v) is 12.2. The first-order valence-electron chi connectivity index (χ1n) is 10.3. The van der Waals surface area contributed by atoms with E-state index < -0.39 is 15.8 Å². The summed E-state index contributed by atoms with van der Waals surface area (Å²) in [5, 5.41) is 0.817. The van der Waals surface area contributed by atoms with Crippen LogP contribution in [-0.2, 0) is 15.4 Å². The number of sulfonamides is 1. The minimum atomic E-state index is -3.36. The molecule has 4 aromatic rings. The maximum Gasteiger partial charge on any atom is 0.256 e. The van der Waals surface area contributed by atoms with Crippen molar-refractivity contribution in [1.29, 1.82) is 0 Å². The standard InChI is InChI=1S/C25H24FN3O3S/c1-25(2,3)18-10-16-9-17(15-5-7-20(8-6-15)29-33(4,31)32)13-27-23(16)21(11-18)22-12-19(26)14-28-24(22)30/h5-14,29H,1-4H3,(H,28,30). The van der Waals surface area contributed by atoms with Crippen LogP contribution in [0.3, 0.4) is 0 Å².